The molecule has 0 aliphatic heterocycles. The lowest BCUT2D eigenvalue weighted by molar-refractivity contribution is -0.137. The average molecular weight is 379 g/mol. The normalized spacial score (nSPS) is 10.8. The van der Waals surface area contributed by atoms with Crippen LogP contribution >= 0.6 is 0 Å². The molecule has 28 heavy (non-hydrogen) atoms. The van der Waals surface area contributed by atoms with E-state index in [4.69, 9.17) is 9.15 Å². The van der Waals surface area contributed by atoms with E-state index in [1.54, 1.807) is 61.5 Å². The van der Waals surface area contributed by atoms with Gasteiger partial charge in [0.25, 0.3) is 5.91 Å². The SMILES string of the molecule is CCOC(=O)C=Cc1cccc(NC(=O)c2ccc(-c3ccc(F)cc3)o2)c1. The number of hydrogen-bond acceptors (Lipinski definition) is 4. The summed E-state index contributed by atoms with van der Waals surface area (Å²) in [5.41, 5.74) is 1.96. The molecule has 5 nitrogen and oxygen atoms in total. The Balaban J connectivity index is 1.69. The molecule has 1 aromatic heterocycles. The zero-order valence-corrected chi connectivity index (χ0v) is 15.1. The van der Waals surface area contributed by atoms with Crippen molar-refractivity contribution in [1.29, 1.82) is 0 Å². The Kier molecular flexibility index (Phi) is 6.01. The number of halogens is 1. The van der Waals surface area contributed by atoms with E-state index in [1.807, 2.05) is 0 Å². The zero-order chi connectivity index (χ0) is 19.9. The van der Waals surface area contributed by atoms with Crippen LogP contribution in [0.2, 0.25) is 0 Å². The van der Waals surface area contributed by atoms with E-state index in [0.717, 1.165) is 5.56 Å². The van der Waals surface area contributed by atoms with Crippen molar-refractivity contribution in [3.8, 4) is 11.3 Å². The second kappa shape index (κ2) is 8.81. The minimum Gasteiger partial charge on any atom is -0.463 e. The Morgan fingerprint density at radius 2 is 1.89 bits per heavy atom. The largest absolute Gasteiger partial charge is 0.463 e. The minimum absolute atomic E-state index is 0.131. The fourth-order valence-corrected chi connectivity index (χ4v) is 2.50. The quantitative estimate of drug-likeness (QED) is 0.488. The molecule has 0 radical (unpaired) electrons. The predicted octanol–water partition coefficient (Wildman–Crippen LogP) is 4.91. The van der Waals surface area contributed by atoms with Gasteiger partial charge in [-0.3, -0.25) is 4.79 Å². The van der Waals surface area contributed by atoms with Crippen LogP contribution in [0.4, 0.5) is 10.1 Å². The van der Waals surface area contributed by atoms with Crippen LogP contribution in [0.25, 0.3) is 17.4 Å². The van der Waals surface area contributed by atoms with Crippen LogP contribution in [0.1, 0.15) is 23.0 Å². The van der Waals surface area contributed by atoms with Crippen molar-refractivity contribution in [1.82, 2.24) is 0 Å². The molecule has 1 amide bonds. The first-order chi connectivity index (χ1) is 13.5. The first-order valence-electron chi connectivity index (χ1n) is 8.67. The summed E-state index contributed by atoms with van der Waals surface area (Å²) in [6.45, 7) is 2.04. The number of furan rings is 1. The maximum atomic E-state index is 13.0. The monoisotopic (exact) mass is 379 g/mol. The van der Waals surface area contributed by atoms with Crippen LogP contribution in [-0.2, 0) is 9.53 Å². The summed E-state index contributed by atoms with van der Waals surface area (Å²) in [6.07, 6.45) is 2.93. The van der Waals surface area contributed by atoms with Crippen LogP contribution in [0.15, 0.2) is 71.2 Å². The highest BCUT2D eigenvalue weighted by molar-refractivity contribution is 6.02. The van der Waals surface area contributed by atoms with Gasteiger partial charge in [-0.2, -0.15) is 0 Å². The number of nitrogens with one attached hydrogen (secondary N) is 1. The Labute approximate surface area is 161 Å². The predicted molar refractivity (Wildman–Crippen MR) is 104 cm³/mol. The molecule has 0 bridgehead atoms. The summed E-state index contributed by atoms with van der Waals surface area (Å²) in [6, 6.07) is 16.0. The molecule has 6 heteroatoms. The number of anilines is 1. The maximum Gasteiger partial charge on any atom is 0.330 e. The van der Waals surface area contributed by atoms with E-state index in [9.17, 15) is 14.0 Å². The zero-order valence-electron chi connectivity index (χ0n) is 15.1. The van der Waals surface area contributed by atoms with Gasteiger partial charge in [0.05, 0.1) is 6.61 Å². The number of carbonyl (C=O) groups excluding carboxylic acids is 2. The fraction of sp³-hybridized carbons (Fsp3) is 0.0909. The molecule has 2 aromatic carbocycles. The third-order valence-electron chi connectivity index (χ3n) is 3.80. The lowest BCUT2D eigenvalue weighted by atomic mass is 10.2. The number of esters is 1. The molecule has 142 valence electrons. The van der Waals surface area contributed by atoms with E-state index in [-0.39, 0.29) is 11.6 Å². The standard InChI is InChI=1S/C22H18FNO4/c1-2-27-21(25)13-6-15-4-3-5-18(14-15)24-22(26)20-12-11-19(28-20)16-7-9-17(23)10-8-16/h3-14H,2H2,1H3,(H,24,26). The van der Waals surface area contributed by atoms with Crippen molar-refractivity contribution >= 4 is 23.6 Å². The summed E-state index contributed by atoms with van der Waals surface area (Å²) < 4.78 is 23.4. The first kappa shape index (κ1) is 19.1. The second-order valence-corrected chi connectivity index (χ2v) is 5.84. The van der Waals surface area contributed by atoms with Gasteiger partial charge in [0.15, 0.2) is 5.76 Å². The Hall–Kier alpha value is -3.67. The molecular formula is C22H18FNO4. The lowest BCUT2D eigenvalue weighted by Gasteiger charge is -2.04. The smallest absolute Gasteiger partial charge is 0.330 e. The fourth-order valence-electron chi connectivity index (χ4n) is 2.50. The van der Waals surface area contributed by atoms with Gasteiger partial charge >= 0.3 is 5.97 Å². The van der Waals surface area contributed by atoms with Crippen molar-refractivity contribution < 1.29 is 23.1 Å². The molecule has 1 N–H and O–H groups in total. The molecule has 0 aliphatic rings. The van der Waals surface area contributed by atoms with Crippen LogP contribution in [0.3, 0.4) is 0 Å². The topological polar surface area (TPSA) is 68.5 Å². The third-order valence-corrected chi connectivity index (χ3v) is 3.80. The number of benzene rings is 2. The van der Waals surface area contributed by atoms with Crippen molar-refractivity contribution in [3.63, 3.8) is 0 Å². The molecule has 0 spiro atoms. The van der Waals surface area contributed by atoms with Crippen LogP contribution in [0, 0.1) is 5.82 Å². The molecule has 0 fully saturated rings. The molecule has 3 aromatic rings. The van der Waals surface area contributed by atoms with Crippen molar-refractivity contribution in [3.05, 3.63) is 83.9 Å². The van der Waals surface area contributed by atoms with Crippen LogP contribution < -0.4 is 5.32 Å². The Morgan fingerprint density at radius 3 is 2.64 bits per heavy atom. The molecule has 1 heterocycles. The van der Waals surface area contributed by atoms with E-state index in [1.165, 1.54) is 18.2 Å². The molecule has 0 aliphatic carbocycles. The average Bonchev–Trinajstić information content (AvgIpc) is 3.18. The number of hydrogen-bond donors (Lipinski definition) is 1. The van der Waals surface area contributed by atoms with E-state index in [0.29, 0.717) is 23.6 Å². The van der Waals surface area contributed by atoms with E-state index >= 15 is 0 Å². The Bertz CT molecular complexity index is 1010. The summed E-state index contributed by atoms with van der Waals surface area (Å²) in [5, 5.41) is 2.74. The minimum atomic E-state index is -0.430. The van der Waals surface area contributed by atoms with Gasteiger partial charge in [0.2, 0.25) is 0 Å². The number of rotatable bonds is 6. The Morgan fingerprint density at radius 1 is 1.11 bits per heavy atom. The van der Waals surface area contributed by atoms with Gasteiger partial charge in [0.1, 0.15) is 11.6 Å². The number of carbonyl (C=O) groups is 2. The van der Waals surface area contributed by atoms with Crippen LogP contribution in [-0.4, -0.2) is 18.5 Å². The summed E-state index contributed by atoms with van der Waals surface area (Å²) in [7, 11) is 0. The highest BCUT2D eigenvalue weighted by Crippen LogP contribution is 2.23. The number of ether oxygens (including phenoxy) is 1. The van der Waals surface area contributed by atoms with Crippen molar-refractivity contribution in [2.75, 3.05) is 11.9 Å². The third kappa shape index (κ3) is 4.94. The summed E-state index contributed by atoms with van der Waals surface area (Å²) in [5.74, 6) is -0.589. The van der Waals surface area contributed by atoms with Crippen LogP contribution in [0.5, 0.6) is 0 Å². The molecule has 0 saturated heterocycles. The maximum absolute atomic E-state index is 13.0. The van der Waals surface area contributed by atoms with Crippen molar-refractivity contribution in [2.45, 2.75) is 6.92 Å². The highest BCUT2D eigenvalue weighted by atomic mass is 19.1. The number of amides is 1. The van der Waals surface area contributed by atoms with E-state index in [2.05, 4.69) is 5.32 Å². The van der Waals surface area contributed by atoms with Gasteiger partial charge < -0.3 is 14.5 Å². The molecule has 3 rings (SSSR count). The van der Waals surface area contributed by atoms with Gasteiger partial charge in [-0.05, 0) is 67.1 Å². The van der Waals surface area contributed by atoms with Gasteiger partial charge in [0, 0.05) is 17.3 Å². The van der Waals surface area contributed by atoms with E-state index < -0.39 is 11.9 Å². The van der Waals surface area contributed by atoms with Gasteiger partial charge in [-0.25, -0.2) is 9.18 Å². The summed E-state index contributed by atoms with van der Waals surface area (Å²) >= 11 is 0. The lowest BCUT2D eigenvalue weighted by Crippen LogP contribution is -2.10. The van der Waals surface area contributed by atoms with Gasteiger partial charge in [-0.1, -0.05) is 12.1 Å². The molecular weight excluding hydrogens is 361 g/mol. The van der Waals surface area contributed by atoms with Gasteiger partial charge in [-0.15, -0.1) is 0 Å². The summed E-state index contributed by atoms with van der Waals surface area (Å²) in [4.78, 5) is 23.8. The van der Waals surface area contributed by atoms with Crippen molar-refractivity contribution in [2.24, 2.45) is 0 Å². The first-order valence-corrected chi connectivity index (χ1v) is 8.67. The highest BCUT2D eigenvalue weighted by Gasteiger charge is 2.13. The second-order valence-electron chi connectivity index (χ2n) is 5.84. The molecule has 0 unspecified atom stereocenters. The molecule has 0 saturated carbocycles. The molecule has 0 atom stereocenters.